The van der Waals surface area contributed by atoms with Gasteiger partial charge < -0.3 is 9.80 Å². The third-order valence-corrected chi connectivity index (χ3v) is 7.29. The van der Waals surface area contributed by atoms with Crippen molar-refractivity contribution in [1.82, 2.24) is 19.6 Å². The summed E-state index contributed by atoms with van der Waals surface area (Å²) in [5.41, 5.74) is 2.52. The highest BCUT2D eigenvalue weighted by Crippen LogP contribution is 2.45. The molecule has 0 aromatic heterocycles. The van der Waals surface area contributed by atoms with Gasteiger partial charge in [0.05, 0.1) is 0 Å². The zero-order valence-corrected chi connectivity index (χ0v) is 16.4. The summed E-state index contributed by atoms with van der Waals surface area (Å²) in [4.78, 5) is 55.7. The van der Waals surface area contributed by atoms with Crippen molar-refractivity contribution in [1.29, 1.82) is 0 Å². The first-order valence-electron chi connectivity index (χ1n) is 9.38. The molecule has 0 N–H and O–H groups in total. The molecule has 0 saturated carbocycles. The van der Waals surface area contributed by atoms with E-state index in [0.717, 1.165) is 22.3 Å². The van der Waals surface area contributed by atoms with Crippen molar-refractivity contribution in [3.05, 3.63) is 34.4 Å². The fourth-order valence-corrected chi connectivity index (χ4v) is 5.51. The second kappa shape index (κ2) is 4.92. The van der Waals surface area contributed by atoms with Crippen molar-refractivity contribution in [2.75, 3.05) is 28.2 Å². The Labute approximate surface area is 162 Å². The lowest BCUT2D eigenvalue weighted by Gasteiger charge is -2.28. The van der Waals surface area contributed by atoms with E-state index in [9.17, 15) is 19.2 Å². The molecule has 2 aliphatic carbocycles. The van der Waals surface area contributed by atoms with Crippen molar-refractivity contribution < 1.29 is 19.2 Å². The highest BCUT2D eigenvalue weighted by Gasteiger charge is 2.59. The number of rotatable bonds is 0. The molecule has 4 aliphatic rings. The lowest BCUT2D eigenvalue weighted by Crippen LogP contribution is -2.49. The van der Waals surface area contributed by atoms with Crippen LogP contribution in [0, 0.1) is 0 Å². The first kappa shape index (κ1) is 17.2. The largest absolute Gasteiger partial charge is 0.327 e. The number of hydrogen-bond acceptors (Lipinski definition) is 4. The van der Waals surface area contributed by atoms with Crippen LogP contribution < -0.4 is 0 Å². The maximum atomic E-state index is 12.8. The van der Waals surface area contributed by atoms with E-state index in [0.29, 0.717) is 25.7 Å². The third-order valence-electron chi connectivity index (χ3n) is 7.29. The topological polar surface area (TPSA) is 81.2 Å². The van der Waals surface area contributed by atoms with E-state index < -0.39 is 11.1 Å². The average Bonchev–Trinajstić information content (AvgIpc) is 3.32. The summed E-state index contributed by atoms with van der Waals surface area (Å²) < 4.78 is 0. The van der Waals surface area contributed by atoms with E-state index in [1.165, 1.54) is 23.9 Å². The molecule has 5 rings (SSSR count). The number of urea groups is 2. The number of amides is 6. The molecule has 146 valence electrons. The third kappa shape index (κ3) is 1.72. The number of carbonyl (C=O) groups excluding carboxylic acids is 4. The second-order valence-corrected chi connectivity index (χ2v) is 8.57. The molecule has 1 aromatic rings. The molecule has 0 unspecified atom stereocenters. The summed E-state index contributed by atoms with van der Waals surface area (Å²) in [5, 5.41) is 0. The molecule has 2 spiro atoms. The quantitative estimate of drug-likeness (QED) is 0.609. The Hall–Kier alpha value is -2.90. The molecule has 2 saturated heterocycles. The summed E-state index contributed by atoms with van der Waals surface area (Å²) in [6.45, 7) is 0. The van der Waals surface area contributed by atoms with Crippen LogP contribution in [0.3, 0.4) is 0 Å². The molecule has 8 nitrogen and oxygen atoms in total. The van der Waals surface area contributed by atoms with Gasteiger partial charge in [0.15, 0.2) is 0 Å². The fourth-order valence-electron chi connectivity index (χ4n) is 5.51. The standard InChI is InChI=1S/C20H22N4O4/c1-21-15(25)19(23(3)17(21)27)7-11-5-13-9-20(10-14(13)6-12(11)8-19)16(26)22(2)18(28)24(20)4/h5-6H,7-10H2,1-4H3. The molecule has 0 atom stereocenters. The summed E-state index contributed by atoms with van der Waals surface area (Å²) >= 11 is 0. The minimum absolute atomic E-state index is 0.161. The lowest BCUT2D eigenvalue weighted by molar-refractivity contribution is -0.132. The number of fused-ring (bicyclic) bond motifs is 2. The zero-order valence-electron chi connectivity index (χ0n) is 16.4. The summed E-state index contributed by atoms with van der Waals surface area (Å²) in [5.74, 6) is -0.323. The van der Waals surface area contributed by atoms with E-state index >= 15 is 0 Å². The first-order chi connectivity index (χ1) is 13.1. The van der Waals surface area contributed by atoms with Crippen LogP contribution >= 0.6 is 0 Å². The number of carbonyl (C=O) groups is 4. The lowest BCUT2D eigenvalue weighted by atomic mass is 9.93. The van der Waals surface area contributed by atoms with Gasteiger partial charge in [-0.05, 0) is 22.3 Å². The Morgan fingerprint density at radius 3 is 1.11 bits per heavy atom. The molecular formula is C20H22N4O4. The van der Waals surface area contributed by atoms with Crippen molar-refractivity contribution in [3.63, 3.8) is 0 Å². The van der Waals surface area contributed by atoms with Gasteiger partial charge in [0.1, 0.15) is 11.1 Å². The van der Waals surface area contributed by atoms with E-state index in [4.69, 9.17) is 0 Å². The Kier molecular flexibility index (Phi) is 3.03. The molecule has 0 bridgehead atoms. The number of likely N-dealkylation sites (N-methyl/N-ethyl adjacent to an activating group) is 4. The Morgan fingerprint density at radius 2 is 0.893 bits per heavy atom. The van der Waals surface area contributed by atoms with E-state index in [1.807, 2.05) is 0 Å². The van der Waals surface area contributed by atoms with Gasteiger partial charge in [-0.3, -0.25) is 19.4 Å². The maximum Gasteiger partial charge on any atom is 0.327 e. The van der Waals surface area contributed by atoms with Crippen LogP contribution in [-0.4, -0.2) is 82.7 Å². The maximum absolute atomic E-state index is 12.8. The molecule has 2 aliphatic heterocycles. The van der Waals surface area contributed by atoms with Gasteiger partial charge >= 0.3 is 12.1 Å². The van der Waals surface area contributed by atoms with E-state index in [1.54, 1.807) is 23.9 Å². The number of nitrogens with zero attached hydrogens (tertiary/aromatic N) is 4. The number of imide groups is 2. The molecule has 6 amide bonds. The van der Waals surface area contributed by atoms with Gasteiger partial charge in [0, 0.05) is 53.9 Å². The smallest absolute Gasteiger partial charge is 0.312 e. The molecule has 28 heavy (non-hydrogen) atoms. The molecular weight excluding hydrogens is 360 g/mol. The first-order valence-corrected chi connectivity index (χ1v) is 9.38. The van der Waals surface area contributed by atoms with Crippen LogP contribution in [0.15, 0.2) is 12.1 Å². The van der Waals surface area contributed by atoms with Gasteiger partial charge in [-0.15, -0.1) is 0 Å². The van der Waals surface area contributed by atoms with Crippen molar-refractivity contribution in [2.24, 2.45) is 0 Å². The van der Waals surface area contributed by atoms with Crippen LogP contribution in [0.25, 0.3) is 0 Å². The predicted molar refractivity (Wildman–Crippen MR) is 98.6 cm³/mol. The Bertz CT molecular complexity index is 890. The van der Waals surface area contributed by atoms with E-state index in [2.05, 4.69) is 12.1 Å². The number of hydrogen-bond donors (Lipinski definition) is 0. The monoisotopic (exact) mass is 382 g/mol. The van der Waals surface area contributed by atoms with Gasteiger partial charge in [-0.25, -0.2) is 9.59 Å². The molecule has 2 heterocycles. The molecule has 2 fully saturated rings. The SMILES string of the molecule is CN1C(=O)N(C)C2(Cc3cc4c(cc3C2)CC2(C4)C(=O)N(C)C(=O)N2C)C1=O. The van der Waals surface area contributed by atoms with Gasteiger partial charge in [0.25, 0.3) is 11.8 Å². The molecule has 0 radical (unpaired) electrons. The predicted octanol–water partition coefficient (Wildman–Crippen LogP) is 0.409. The van der Waals surface area contributed by atoms with E-state index in [-0.39, 0.29) is 23.9 Å². The Balaban J connectivity index is 1.51. The zero-order chi connectivity index (χ0) is 20.2. The molecule has 8 heteroatoms. The van der Waals surface area contributed by atoms with Crippen LogP contribution in [0.4, 0.5) is 9.59 Å². The van der Waals surface area contributed by atoms with Gasteiger partial charge in [-0.1, -0.05) is 12.1 Å². The van der Waals surface area contributed by atoms with Crippen molar-refractivity contribution in [2.45, 2.75) is 36.8 Å². The summed E-state index contributed by atoms with van der Waals surface area (Å²) in [6, 6.07) is 3.59. The number of benzene rings is 1. The summed E-state index contributed by atoms with van der Waals surface area (Å²) in [6.07, 6.45) is 1.93. The second-order valence-electron chi connectivity index (χ2n) is 8.57. The fraction of sp³-hybridized carbons (Fsp3) is 0.500. The highest BCUT2D eigenvalue weighted by atomic mass is 16.2. The van der Waals surface area contributed by atoms with Crippen LogP contribution in [-0.2, 0) is 35.3 Å². The van der Waals surface area contributed by atoms with Crippen LogP contribution in [0.2, 0.25) is 0 Å². The van der Waals surface area contributed by atoms with Crippen LogP contribution in [0.5, 0.6) is 0 Å². The van der Waals surface area contributed by atoms with Crippen LogP contribution in [0.1, 0.15) is 22.3 Å². The Morgan fingerprint density at radius 1 is 0.607 bits per heavy atom. The summed E-state index contributed by atoms with van der Waals surface area (Å²) in [7, 11) is 6.42. The average molecular weight is 382 g/mol. The molecule has 1 aromatic carbocycles. The normalized spacial score (nSPS) is 24.4. The minimum atomic E-state index is -0.836. The van der Waals surface area contributed by atoms with Gasteiger partial charge in [-0.2, -0.15) is 0 Å². The van der Waals surface area contributed by atoms with Crippen molar-refractivity contribution in [3.8, 4) is 0 Å². The highest BCUT2D eigenvalue weighted by molar-refractivity contribution is 6.08. The minimum Gasteiger partial charge on any atom is -0.312 e. The van der Waals surface area contributed by atoms with Gasteiger partial charge in [0.2, 0.25) is 0 Å². The van der Waals surface area contributed by atoms with Crippen molar-refractivity contribution >= 4 is 23.9 Å².